The smallest absolute Gasteiger partial charge is 0.323 e. The number of carbonyl (C=O) groups is 1. The van der Waals surface area contributed by atoms with Gasteiger partial charge in [-0.3, -0.25) is 19.2 Å². The maximum Gasteiger partial charge on any atom is 0.329 e. The van der Waals surface area contributed by atoms with Crippen molar-refractivity contribution in [2.45, 2.75) is 38.6 Å². The van der Waals surface area contributed by atoms with Gasteiger partial charge in [-0.2, -0.15) is 0 Å². The molecule has 0 saturated heterocycles. The minimum atomic E-state index is -0.213. The van der Waals surface area contributed by atoms with Gasteiger partial charge in [-0.05, 0) is 37.1 Å². The molecule has 0 unspecified atom stereocenters. The number of hydrogen-bond donors (Lipinski definition) is 2. The Morgan fingerprint density at radius 1 is 1.12 bits per heavy atom. The quantitative estimate of drug-likeness (QED) is 0.453. The first kappa shape index (κ1) is 20.6. The minimum Gasteiger partial charge on any atom is -0.323 e. The summed E-state index contributed by atoms with van der Waals surface area (Å²) in [5.41, 5.74) is 4.96. The highest BCUT2D eigenvalue weighted by atomic mass is 35.5. The van der Waals surface area contributed by atoms with Gasteiger partial charge in [0.2, 0.25) is 11.9 Å². The summed E-state index contributed by atoms with van der Waals surface area (Å²) in [6, 6.07) is 13.7. The molecule has 1 aliphatic carbocycles. The van der Waals surface area contributed by atoms with Crippen LogP contribution in [0.25, 0.3) is 33.5 Å². The Morgan fingerprint density at radius 3 is 2.62 bits per heavy atom. The molecule has 5 rings (SSSR count). The Morgan fingerprint density at radius 2 is 1.91 bits per heavy atom. The number of benzene rings is 2. The van der Waals surface area contributed by atoms with Gasteiger partial charge in [0.25, 0.3) is 0 Å². The van der Waals surface area contributed by atoms with Gasteiger partial charge in [0.05, 0.1) is 22.4 Å². The van der Waals surface area contributed by atoms with Gasteiger partial charge in [-0.25, -0.2) is 9.78 Å². The zero-order valence-electron chi connectivity index (χ0n) is 18.0. The zero-order valence-corrected chi connectivity index (χ0v) is 18.7. The molecule has 2 aromatic heterocycles. The second-order valence-electron chi connectivity index (χ2n) is 8.35. The number of aryl methyl sites for hydroxylation is 1. The van der Waals surface area contributed by atoms with E-state index in [2.05, 4.69) is 15.3 Å². The molecular weight excluding hydrogens is 426 g/mol. The van der Waals surface area contributed by atoms with Crippen molar-refractivity contribution in [3.05, 3.63) is 58.0 Å². The average Bonchev–Trinajstić information content (AvgIpc) is 3.48. The number of halogens is 1. The van der Waals surface area contributed by atoms with Crippen molar-refractivity contribution in [3.8, 4) is 22.5 Å². The predicted molar refractivity (Wildman–Crippen MR) is 127 cm³/mol. The van der Waals surface area contributed by atoms with Gasteiger partial charge >= 0.3 is 5.69 Å². The first-order chi connectivity index (χ1) is 15.4. The third kappa shape index (κ3) is 3.52. The number of carbonyl (C=O) groups excluding carboxylic acids is 1. The van der Waals surface area contributed by atoms with Gasteiger partial charge in [0, 0.05) is 36.2 Å². The van der Waals surface area contributed by atoms with Gasteiger partial charge in [-0.15, -0.1) is 0 Å². The zero-order chi connectivity index (χ0) is 22.4. The monoisotopic (exact) mass is 449 g/mol. The molecule has 1 amide bonds. The van der Waals surface area contributed by atoms with Gasteiger partial charge in [0.1, 0.15) is 0 Å². The number of aromatic nitrogens is 4. The molecule has 2 aromatic carbocycles. The van der Waals surface area contributed by atoms with E-state index in [0.717, 1.165) is 53.5 Å². The number of nitrogens with zero attached hydrogens (tertiary/aromatic N) is 3. The molecule has 0 bridgehead atoms. The molecule has 0 atom stereocenters. The average molecular weight is 450 g/mol. The summed E-state index contributed by atoms with van der Waals surface area (Å²) in [5.74, 6) is 0.148. The van der Waals surface area contributed by atoms with E-state index in [-0.39, 0.29) is 17.6 Å². The van der Waals surface area contributed by atoms with Crippen LogP contribution in [-0.2, 0) is 11.8 Å². The molecule has 1 aliphatic rings. The fraction of sp³-hybridized carbons (Fsp3) is 0.292. The molecule has 7 nitrogen and oxygen atoms in total. The largest absolute Gasteiger partial charge is 0.329 e. The maximum atomic E-state index is 13.0. The molecule has 32 heavy (non-hydrogen) atoms. The van der Waals surface area contributed by atoms with E-state index in [9.17, 15) is 9.59 Å². The van der Waals surface area contributed by atoms with Crippen LogP contribution in [0.1, 0.15) is 38.6 Å². The molecule has 2 N–H and O–H groups in total. The van der Waals surface area contributed by atoms with Crippen molar-refractivity contribution in [2.75, 3.05) is 5.32 Å². The standard InChI is InChI=1S/C24H24ClN5O2/c1-14(31)26-23-27-21(15-6-5-7-17(25)12-15)22(28-23)16-10-11-19-20(13-16)29(2)24(32)30(19)18-8-3-4-9-18/h5-7,10-13,18H,3-4,8-9H2,1-2H3,(H2,26,27,28,31). The van der Waals surface area contributed by atoms with Gasteiger partial charge < -0.3 is 4.98 Å². The number of amides is 1. The number of H-pyrrole nitrogens is 1. The fourth-order valence-corrected chi connectivity index (χ4v) is 4.88. The van der Waals surface area contributed by atoms with Crippen LogP contribution in [-0.4, -0.2) is 25.0 Å². The van der Waals surface area contributed by atoms with Crippen molar-refractivity contribution in [3.63, 3.8) is 0 Å². The fourth-order valence-electron chi connectivity index (χ4n) is 4.69. The highest BCUT2D eigenvalue weighted by molar-refractivity contribution is 6.30. The van der Waals surface area contributed by atoms with Crippen LogP contribution >= 0.6 is 11.6 Å². The predicted octanol–water partition coefficient (Wildman–Crippen LogP) is 5.12. The van der Waals surface area contributed by atoms with Crippen LogP contribution in [0.15, 0.2) is 47.3 Å². The molecule has 4 aromatic rings. The molecule has 1 saturated carbocycles. The highest BCUT2D eigenvalue weighted by Crippen LogP contribution is 2.35. The van der Waals surface area contributed by atoms with E-state index in [0.29, 0.717) is 16.7 Å². The maximum absolute atomic E-state index is 13.0. The normalized spacial score (nSPS) is 14.3. The van der Waals surface area contributed by atoms with E-state index in [1.807, 2.05) is 48.0 Å². The summed E-state index contributed by atoms with van der Waals surface area (Å²) in [6.45, 7) is 1.44. The lowest BCUT2D eigenvalue weighted by Crippen LogP contribution is -2.24. The molecule has 0 radical (unpaired) electrons. The third-order valence-electron chi connectivity index (χ3n) is 6.16. The van der Waals surface area contributed by atoms with E-state index in [1.165, 1.54) is 6.92 Å². The van der Waals surface area contributed by atoms with Crippen LogP contribution in [0.4, 0.5) is 5.95 Å². The minimum absolute atomic E-state index is 0.0164. The molecular formula is C24H24ClN5O2. The number of nitrogens with one attached hydrogen (secondary N) is 2. The Hall–Kier alpha value is -3.32. The Labute approximate surface area is 190 Å². The third-order valence-corrected chi connectivity index (χ3v) is 6.40. The lowest BCUT2D eigenvalue weighted by Gasteiger charge is -2.11. The number of fused-ring (bicyclic) bond motifs is 1. The Kier molecular flexibility index (Phi) is 5.13. The molecule has 2 heterocycles. The number of anilines is 1. The topological polar surface area (TPSA) is 84.7 Å². The second-order valence-corrected chi connectivity index (χ2v) is 8.79. The van der Waals surface area contributed by atoms with E-state index < -0.39 is 0 Å². The Balaban J connectivity index is 1.68. The number of aromatic amines is 1. The van der Waals surface area contributed by atoms with Crippen LogP contribution in [0.5, 0.6) is 0 Å². The molecule has 8 heteroatoms. The SMILES string of the molecule is CC(=O)Nc1nc(-c2cccc(Cl)c2)c(-c2ccc3c(c2)n(C)c(=O)n3C2CCCC2)[nH]1. The number of hydrogen-bond acceptors (Lipinski definition) is 3. The first-order valence-electron chi connectivity index (χ1n) is 10.8. The Bertz CT molecular complexity index is 1390. The summed E-state index contributed by atoms with van der Waals surface area (Å²) in [7, 11) is 1.81. The van der Waals surface area contributed by atoms with Crippen molar-refractivity contribution >= 4 is 34.5 Å². The van der Waals surface area contributed by atoms with E-state index in [4.69, 9.17) is 11.6 Å². The van der Waals surface area contributed by atoms with E-state index >= 15 is 0 Å². The van der Waals surface area contributed by atoms with Crippen LogP contribution in [0, 0.1) is 0 Å². The summed E-state index contributed by atoms with van der Waals surface area (Å²) in [5, 5.41) is 3.32. The summed E-state index contributed by atoms with van der Waals surface area (Å²) in [4.78, 5) is 32.5. The second kappa shape index (κ2) is 7.98. The number of rotatable bonds is 4. The molecule has 164 valence electrons. The molecule has 0 aliphatic heterocycles. The molecule has 1 fully saturated rings. The van der Waals surface area contributed by atoms with Gasteiger partial charge in [0.15, 0.2) is 0 Å². The summed E-state index contributed by atoms with van der Waals surface area (Å²) in [6.07, 6.45) is 4.41. The van der Waals surface area contributed by atoms with Crippen molar-refractivity contribution in [1.29, 1.82) is 0 Å². The summed E-state index contributed by atoms with van der Waals surface area (Å²) < 4.78 is 3.65. The number of imidazole rings is 2. The van der Waals surface area contributed by atoms with Crippen molar-refractivity contribution in [2.24, 2.45) is 7.05 Å². The lowest BCUT2D eigenvalue weighted by atomic mass is 10.0. The molecule has 0 spiro atoms. The van der Waals surface area contributed by atoms with Crippen LogP contribution < -0.4 is 11.0 Å². The summed E-state index contributed by atoms with van der Waals surface area (Å²) >= 11 is 6.22. The first-order valence-corrected chi connectivity index (χ1v) is 11.1. The lowest BCUT2D eigenvalue weighted by molar-refractivity contribution is -0.114. The van der Waals surface area contributed by atoms with E-state index in [1.54, 1.807) is 10.6 Å². The van der Waals surface area contributed by atoms with Crippen LogP contribution in [0.2, 0.25) is 5.02 Å². The van der Waals surface area contributed by atoms with Crippen molar-refractivity contribution < 1.29 is 4.79 Å². The van der Waals surface area contributed by atoms with Crippen molar-refractivity contribution in [1.82, 2.24) is 19.1 Å². The highest BCUT2D eigenvalue weighted by Gasteiger charge is 2.23. The van der Waals surface area contributed by atoms with Gasteiger partial charge in [-0.1, -0.05) is 42.6 Å². The van der Waals surface area contributed by atoms with Crippen LogP contribution in [0.3, 0.4) is 0 Å².